The minimum atomic E-state index is -0.420. The first-order valence-corrected chi connectivity index (χ1v) is 20.8. The van der Waals surface area contributed by atoms with Gasteiger partial charge in [-0.25, -0.2) is 0 Å². The molecule has 10 aromatic carbocycles. The van der Waals surface area contributed by atoms with E-state index in [1.165, 1.54) is 88.7 Å². The quantitative estimate of drug-likeness (QED) is 0.163. The maximum Gasteiger partial charge on any atom is 0.0726 e. The maximum absolute atomic E-state index is 2.47. The van der Waals surface area contributed by atoms with Gasteiger partial charge in [0.15, 0.2) is 0 Å². The summed E-state index contributed by atoms with van der Waals surface area (Å²) in [7, 11) is 0. The summed E-state index contributed by atoms with van der Waals surface area (Å²) in [6.07, 6.45) is 0. The van der Waals surface area contributed by atoms with Crippen LogP contribution in [-0.2, 0) is 5.41 Å². The summed E-state index contributed by atoms with van der Waals surface area (Å²) in [6, 6.07) is 87.2. The number of benzene rings is 10. The minimum absolute atomic E-state index is 0.420. The van der Waals surface area contributed by atoms with Crippen molar-refractivity contribution in [3.05, 3.63) is 259 Å². The molecule has 0 saturated heterocycles. The van der Waals surface area contributed by atoms with Crippen molar-refractivity contribution >= 4 is 27.8 Å². The Morgan fingerprint density at radius 2 is 0.683 bits per heavy atom. The third kappa shape index (κ3) is 5.19. The van der Waals surface area contributed by atoms with Crippen LogP contribution in [0.1, 0.15) is 22.3 Å². The molecule has 0 unspecified atom stereocenters. The third-order valence-electron chi connectivity index (χ3n) is 12.9. The van der Waals surface area contributed by atoms with E-state index in [9.17, 15) is 0 Å². The zero-order valence-electron chi connectivity index (χ0n) is 33.0. The highest BCUT2D eigenvalue weighted by Crippen LogP contribution is 2.63. The van der Waals surface area contributed by atoms with Crippen LogP contribution in [0, 0.1) is 0 Å². The number of rotatable bonds is 6. The second kappa shape index (κ2) is 13.7. The molecule has 10 aromatic rings. The van der Waals surface area contributed by atoms with Crippen LogP contribution in [0.25, 0.3) is 66.4 Å². The van der Waals surface area contributed by atoms with E-state index < -0.39 is 5.41 Å². The Morgan fingerprint density at radius 1 is 0.250 bits per heavy atom. The second-order valence-corrected chi connectivity index (χ2v) is 16.0. The molecule has 0 saturated carbocycles. The van der Waals surface area contributed by atoms with Gasteiger partial charge in [-0.15, -0.1) is 0 Å². The van der Waals surface area contributed by atoms with E-state index in [-0.39, 0.29) is 0 Å². The molecule has 0 fully saturated rings. The molecule has 0 atom stereocenters. The number of anilines is 3. The van der Waals surface area contributed by atoms with Crippen LogP contribution in [-0.4, -0.2) is 0 Å². The average molecular weight is 762 g/mol. The van der Waals surface area contributed by atoms with Gasteiger partial charge < -0.3 is 4.90 Å². The van der Waals surface area contributed by atoms with E-state index >= 15 is 0 Å². The molecule has 2 aliphatic carbocycles. The SMILES string of the molecule is c1ccc(-c2ccc(N(c3ccc(-c4cccc(-c5cccc6ccccc56)c4)cc3)c3ccc4c(c3)C3(c5ccccc5-c5ccccc53)c3ccccc3-4)cc2)cc1. The Morgan fingerprint density at radius 3 is 1.33 bits per heavy atom. The zero-order valence-corrected chi connectivity index (χ0v) is 33.0. The third-order valence-corrected chi connectivity index (χ3v) is 12.9. The topological polar surface area (TPSA) is 3.24 Å². The zero-order chi connectivity index (χ0) is 39.6. The average Bonchev–Trinajstić information content (AvgIpc) is 3.79. The molecule has 0 aliphatic heterocycles. The second-order valence-electron chi connectivity index (χ2n) is 16.0. The molecule has 1 heteroatoms. The molecule has 60 heavy (non-hydrogen) atoms. The molecule has 0 heterocycles. The molecule has 2 aliphatic rings. The smallest absolute Gasteiger partial charge is 0.0726 e. The molecule has 0 bridgehead atoms. The van der Waals surface area contributed by atoms with Crippen LogP contribution in [0.15, 0.2) is 237 Å². The highest BCUT2D eigenvalue weighted by molar-refractivity contribution is 5.98. The fourth-order valence-electron chi connectivity index (χ4n) is 10.2. The molecule has 1 spiro atoms. The van der Waals surface area contributed by atoms with Gasteiger partial charge in [-0.3, -0.25) is 0 Å². The first-order valence-electron chi connectivity index (χ1n) is 20.8. The summed E-state index contributed by atoms with van der Waals surface area (Å²) in [6.45, 7) is 0. The van der Waals surface area contributed by atoms with E-state index in [4.69, 9.17) is 0 Å². The summed E-state index contributed by atoms with van der Waals surface area (Å²) < 4.78 is 0. The van der Waals surface area contributed by atoms with Crippen LogP contribution in [0.3, 0.4) is 0 Å². The Bertz CT molecular complexity index is 3180. The van der Waals surface area contributed by atoms with Crippen molar-refractivity contribution in [2.24, 2.45) is 0 Å². The van der Waals surface area contributed by atoms with Gasteiger partial charge in [-0.2, -0.15) is 0 Å². The van der Waals surface area contributed by atoms with Gasteiger partial charge in [0.2, 0.25) is 0 Å². The van der Waals surface area contributed by atoms with Crippen LogP contribution in [0.4, 0.5) is 17.1 Å². The predicted octanol–water partition coefficient (Wildman–Crippen LogP) is 15.7. The Hall–Kier alpha value is -7.74. The fraction of sp³-hybridized carbons (Fsp3) is 0.0169. The number of hydrogen-bond acceptors (Lipinski definition) is 1. The summed E-state index contributed by atoms with van der Waals surface area (Å²) in [4.78, 5) is 2.43. The largest absolute Gasteiger partial charge is 0.310 e. The number of hydrogen-bond donors (Lipinski definition) is 0. The molecular formula is C59H39N. The molecule has 0 amide bonds. The van der Waals surface area contributed by atoms with Gasteiger partial charge >= 0.3 is 0 Å². The summed E-state index contributed by atoms with van der Waals surface area (Å²) in [5.41, 5.74) is 20.8. The van der Waals surface area contributed by atoms with Crippen molar-refractivity contribution in [3.8, 4) is 55.6 Å². The van der Waals surface area contributed by atoms with Crippen LogP contribution in [0.2, 0.25) is 0 Å². The standard InChI is InChI=1S/C59H39N/c1-2-14-40(15-3-1)41-28-32-46(33-29-41)60(47-34-30-42(31-35-47)44-18-12-19-45(38-44)50-24-13-17-43-16-4-5-20-49(43)50)48-36-37-54-53-23-8-11-27-57(53)59(58(54)39-48)55-25-9-6-21-51(55)52-22-7-10-26-56(52)59/h1-39H. The van der Waals surface area contributed by atoms with Gasteiger partial charge in [-0.05, 0) is 131 Å². The first-order chi connectivity index (χ1) is 29.8. The molecular weight excluding hydrogens is 723 g/mol. The Kier molecular flexibility index (Phi) is 7.83. The molecule has 12 rings (SSSR count). The van der Waals surface area contributed by atoms with Crippen molar-refractivity contribution in [3.63, 3.8) is 0 Å². The lowest BCUT2D eigenvalue weighted by atomic mass is 9.70. The van der Waals surface area contributed by atoms with E-state index in [0.717, 1.165) is 17.1 Å². The lowest BCUT2D eigenvalue weighted by Crippen LogP contribution is -2.26. The normalized spacial score (nSPS) is 12.8. The van der Waals surface area contributed by atoms with Gasteiger partial charge in [0.1, 0.15) is 0 Å². The summed E-state index contributed by atoms with van der Waals surface area (Å²) in [5, 5.41) is 2.52. The fourth-order valence-corrected chi connectivity index (χ4v) is 10.2. The number of nitrogens with zero attached hydrogens (tertiary/aromatic N) is 1. The summed E-state index contributed by atoms with van der Waals surface area (Å²) in [5.74, 6) is 0. The van der Waals surface area contributed by atoms with Gasteiger partial charge in [-0.1, -0.05) is 194 Å². The number of fused-ring (bicyclic) bond motifs is 11. The van der Waals surface area contributed by atoms with Crippen LogP contribution in [0.5, 0.6) is 0 Å². The maximum atomic E-state index is 2.47. The van der Waals surface area contributed by atoms with E-state index in [1.807, 2.05) is 0 Å². The van der Waals surface area contributed by atoms with Crippen molar-refractivity contribution in [2.45, 2.75) is 5.41 Å². The van der Waals surface area contributed by atoms with Crippen molar-refractivity contribution in [2.75, 3.05) is 4.90 Å². The van der Waals surface area contributed by atoms with Crippen molar-refractivity contribution in [1.82, 2.24) is 0 Å². The van der Waals surface area contributed by atoms with Crippen LogP contribution < -0.4 is 4.90 Å². The van der Waals surface area contributed by atoms with Gasteiger partial charge in [0.05, 0.1) is 5.41 Å². The lowest BCUT2D eigenvalue weighted by Gasteiger charge is -2.32. The summed E-state index contributed by atoms with van der Waals surface area (Å²) >= 11 is 0. The molecule has 1 nitrogen and oxygen atoms in total. The van der Waals surface area contributed by atoms with E-state index in [2.05, 4.69) is 241 Å². The van der Waals surface area contributed by atoms with E-state index in [1.54, 1.807) is 0 Å². The molecule has 0 N–H and O–H groups in total. The van der Waals surface area contributed by atoms with E-state index in [0.29, 0.717) is 0 Å². The van der Waals surface area contributed by atoms with Crippen molar-refractivity contribution in [1.29, 1.82) is 0 Å². The van der Waals surface area contributed by atoms with Crippen LogP contribution >= 0.6 is 0 Å². The van der Waals surface area contributed by atoms with Gasteiger partial charge in [0.25, 0.3) is 0 Å². The highest BCUT2D eigenvalue weighted by atomic mass is 15.1. The van der Waals surface area contributed by atoms with Crippen molar-refractivity contribution < 1.29 is 0 Å². The highest BCUT2D eigenvalue weighted by Gasteiger charge is 2.51. The molecule has 280 valence electrons. The predicted molar refractivity (Wildman–Crippen MR) is 251 cm³/mol. The first kappa shape index (κ1) is 34.3. The van der Waals surface area contributed by atoms with Gasteiger partial charge in [0, 0.05) is 17.1 Å². The minimum Gasteiger partial charge on any atom is -0.310 e. The monoisotopic (exact) mass is 761 g/mol. The lowest BCUT2D eigenvalue weighted by molar-refractivity contribution is 0.793. The Labute approximate surface area is 351 Å². The molecule has 0 aromatic heterocycles. The molecule has 0 radical (unpaired) electrons. The Balaban J connectivity index is 1.01.